The Morgan fingerprint density at radius 3 is 2.23 bits per heavy atom. The van der Waals surface area contributed by atoms with E-state index < -0.39 is 5.92 Å². The molecule has 0 bridgehead atoms. The summed E-state index contributed by atoms with van der Waals surface area (Å²) in [5.74, 6) is -1.32. The highest BCUT2D eigenvalue weighted by molar-refractivity contribution is 7.22. The van der Waals surface area contributed by atoms with Gasteiger partial charge in [-0.05, 0) is 72.6 Å². The molecule has 2 fully saturated rings. The number of thiazole rings is 2. The fraction of sp³-hybridized carbons (Fsp3) is 0.231. The zero-order chi connectivity index (χ0) is 36.5. The van der Waals surface area contributed by atoms with Gasteiger partial charge in [0.1, 0.15) is 15.8 Å². The van der Waals surface area contributed by atoms with E-state index in [0.29, 0.717) is 36.6 Å². The molecule has 3 aromatic heterocycles. The van der Waals surface area contributed by atoms with Crippen LogP contribution in [0.2, 0.25) is 0 Å². The third-order valence-corrected chi connectivity index (χ3v) is 11.6. The van der Waals surface area contributed by atoms with Crippen molar-refractivity contribution in [2.45, 2.75) is 38.0 Å². The van der Waals surface area contributed by atoms with E-state index in [1.807, 2.05) is 72.8 Å². The van der Waals surface area contributed by atoms with E-state index in [-0.39, 0.29) is 55.3 Å². The van der Waals surface area contributed by atoms with Crippen molar-refractivity contribution >= 4 is 84.1 Å². The fourth-order valence-electron chi connectivity index (χ4n) is 6.57. The summed E-state index contributed by atoms with van der Waals surface area (Å²) in [5.41, 5.74) is 4.72. The quantitative estimate of drug-likeness (QED) is 0.144. The number of rotatable bonds is 11. The van der Waals surface area contributed by atoms with Gasteiger partial charge in [0.15, 0.2) is 0 Å². The maximum absolute atomic E-state index is 13.4. The van der Waals surface area contributed by atoms with Crippen LogP contribution in [0, 0.1) is 0 Å². The number of carbonyl (C=O) groups is 5. The lowest BCUT2D eigenvalue weighted by Crippen LogP contribution is -2.33. The molecule has 5 heterocycles. The van der Waals surface area contributed by atoms with Crippen LogP contribution in [0.5, 0.6) is 0 Å². The van der Waals surface area contributed by atoms with E-state index in [0.717, 1.165) is 52.9 Å². The maximum Gasteiger partial charge on any atom is 0.237 e. The number of hydrogen-bond acceptors (Lipinski definition) is 10. The fourth-order valence-corrected chi connectivity index (χ4v) is 8.48. The summed E-state index contributed by atoms with van der Waals surface area (Å²) in [4.78, 5) is 80.0. The summed E-state index contributed by atoms with van der Waals surface area (Å²) >= 11 is 3.08. The van der Waals surface area contributed by atoms with E-state index in [9.17, 15) is 24.0 Å². The molecule has 1 unspecified atom stereocenters. The van der Waals surface area contributed by atoms with Crippen LogP contribution in [0.1, 0.15) is 43.6 Å². The second-order valence-corrected chi connectivity index (χ2v) is 15.0. The molecule has 0 radical (unpaired) electrons. The Labute approximate surface area is 311 Å². The highest BCUT2D eigenvalue weighted by atomic mass is 32.1. The van der Waals surface area contributed by atoms with Crippen LogP contribution in [-0.4, -0.2) is 73.9 Å². The van der Waals surface area contributed by atoms with Crippen molar-refractivity contribution in [2.75, 3.05) is 30.3 Å². The first-order valence-corrected chi connectivity index (χ1v) is 19.0. The first-order chi connectivity index (χ1) is 25.8. The second-order valence-electron chi connectivity index (χ2n) is 13.0. The molecule has 12 nitrogen and oxygen atoms in total. The van der Waals surface area contributed by atoms with Gasteiger partial charge in [0.2, 0.25) is 29.5 Å². The zero-order valence-electron chi connectivity index (χ0n) is 28.4. The van der Waals surface area contributed by atoms with E-state index in [4.69, 9.17) is 4.98 Å². The minimum atomic E-state index is -0.650. The summed E-state index contributed by atoms with van der Waals surface area (Å²) in [5, 5.41) is 7.26. The minimum absolute atomic E-state index is 0.0263. The number of likely N-dealkylation sites (tertiary alicyclic amines) is 2. The smallest absolute Gasteiger partial charge is 0.237 e. The summed E-state index contributed by atoms with van der Waals surface area (Å²) in [6.45, 7) is 1.11. The number of nitrogens with one attached hydrogen (secondary N) is 2. The molecule has 8 rings (SSSR count). The van der Waals surface area contributed by atoms with Crippen LogP contribution in [0.4, 0.5) is 11.5 Å². The molecule has 2 N–H and O–H groups in total. The normalized spacial score (nSPS) is 15.9. The van der Waals surface area contributed by atoms with Gasteiger partial charge in [-0.15, -0.1) is 22.7 Å². The predicted octanol–water partition coefficient (Wildman–Crippen LogP) is 6.46. The number of benzene rings is 3. The first-order valence-electron chi connectivity index (χ1n) is 17.3. The molecule has 53 heavy (non-hydrogen) atoms. The average molecular weight is 744 g/mol. The van der Waals surface area contributed by atoms with Crippen molar-refractivity contribution < 1.29 is 24.0 Å². The molecule has 0 aliphatic carbocycles. The zero-order valence-corrected chi connectivity index (χ0v) is 30.0. The number of hydrogen-bond donors (Lipinski definition) is 2. The largest absolute Gasteiger partial charge is 0.342 e. The van der Waals surface area contributed by atoms with E-state index in [1.165, 1.54) is 11.3 Å². The van der Waals surface area contributed by atoms with E-state index >= 15 is 0 Å². The Balaban J connectivity index is 0.851. The molecule has 6 aromatic rings. The Bertz CT molecular complexity index is 2360. The number of para-hydroxylation sites is 1. The van der Waals surface area contributed by atoms with Crippen LogP contribution >= 0.6 is 22.7 Å². The molecule has 3 aromatic carbocycles. The highest BCUT2D eigenvalue weighted by Crippen LogP contribution is 2.36. The molecule has 2 aliphatic rings. The number of nitrogens with zero attached hydrogens (tertiary/aromatic N) is 5. The number of carbonyl (C=O) groups excluding carboxylic acids is 5. The lowest BCUT2D eigenvalue weighted by atomic mass is 9.97. The SMILES string of the molecule is O=C(CCN1CCCC1=O)Nc1ccc(-c2nc3cc(C4CC(=O)N(CCC(=O)Nc5ccc(-c6nc7ccccc7s6)cn5)C4=O)ccc3s2)cc1. The maximum atomic E-state index is 13.4. The molecule has 14 heteroatoms. The summed E-state index contributed by atoms with van der Waals surface area (Å²) < 4.78 is 2.02. The van der Waals surface area contributed by atoms with Gasteiger partial charge in [-0.2, -0.15) is 0 Å². The summed E-state index contributed by atoms with van der Waals surface area (Å²) in [7, 11) is 0. The minimum Gasteiger partial charge on any atom is -0.342 e. The van der Waals surface area contributed by atoms with Crippen LogP contribution in [0.25, 0.3) is 41.6 Å². The standard InChI is InChI=1S/C39H33N7O5S2/c47-33(15-18-45-17-3-6-35(45)49)41-26-11-7-23(8-12-26)37-43-29-20-24(9-13-31(29)53-37)27-21-36(50)46(39(27)51)19-16-34(48)44-32-14-10-25(22-40-32)38-42-28-4-1-2-5-30(28)52-38/h1-2,4-5,7-14,20,22,27H,3,6,15-19,21H2,(H,41,47)(H,40,44,48). The van der Waals surface area contributed by atoms with Crippen LogP contribution in [-0.2, 0) is 24.0 Å². The lowest BCUT2D eigenvalue weighted by molar-refractivity contribution is -0.139. The van der Waals surface area contributed by atoms with Gasteiger partial charge in [-0.25, -0.2) is 15.0 Å². The van der Waals surface area contributed by atoms with Gasteiger partial charge < -0.3 is 15.5 Å². The van der Waals surface area contributed by atoms with Crippen molar-refractivity contribution in [1.29, 1.82) is 0 Å². The monoisotopic (exact) mass is 743 g/mol. The van der Waals surface area contributed by atoms with Crippen LogP contribution in [0.15, 0.2) is 85.1 Å². The molecular formula is C39H33N7O5S2. The summed E-state index contributed by atoms with van der Waals surface area (Å²) in [6.07, 6.45) is 3.28. The summed E-state index contributed by atoms with van der Waals surface area (Å²) in [6, 6.07) is 24.5. The van der Waals surface area contributed by atoms with E-state index in [2.05, 4.69) is 20.6 Å². The predicted molar refractivity (Wildman–Crippen MR) is 204 cm³/mol. The Hall–Kier alpha value is -5.86. The molecule has 266 valence electrons. The van der Waals surface area contributed by atoms with Crippen LogP contribution in [0.3, 0.4) is 0 Å². The van der Waals surface area contributed by atoms with Gasteiger partial charge in [-0.3, -0.25) is 28.9 Å². The average Bonchev–Trinajstić information content (AvgIpc) is 3.95. The number of fused-ring (bicyclic) bond motifs is 2. The topological polar surface area (TPSA) is 155 Å². The molecule has 1 atom stereocenters. The lowest BCUT2D eigenvalue weighted by Gasteiger charge is -2.15. The van der Waals surface area contributed by atoms with Crippen molar-refractivity contribution in [2.24, 2.45) is 0 Å². The highest BCUT2D eigenvalue weighted by Gasteiger charge is 2.39. The van der Waals surface area contributed by atoms with Crippen molar-refractivity contribution in [3.63, 3.8) is 0 Å². The van der Waals surface area contributed by atoms with Crippen LogP contribution < -0.4 is 10.6 Å². The third kappa shape index (κ3) is 7.41. The first kappa shape index (κ1) is 34.2. The van der Waals surface area contributed by atoms with Gasteiger partial charge >= 0.3 is 0 Å². The van der Waals surface area contributed by atoms with Gasteiger partial charge in [0.25, 0.3) is 0 Å². The number of imide groups is 1. The Morgan fingerprint density at radius 2 is 1.47 bits per heavy atom. The number of aromatic nitrogens is 3. The molecule has 5 amide bonds. The molecule has 0 saturated carbocycles. The molecule has 2 aliphatic heterocycles. The number of amides is 5. The van der Waals surface area contributed by atoms with Gasteiger partial charge in [-0.1, -0.05) is 18.2 Å². The van der Waals surface area contributed by atoms with Gasteiger partial charge in [0, 0.05) is 68.3 Å². The van der Waals surface area contributed by atoms with Crippen molar-refractivity contribution in [3.05, 3.63) is 90.6 Å². The molecular weight excluding hydrogens is 711 g/mol. The third-order valence-electron chi connectivity index (χ3n) is 9.39. The number of anilines is 2. The molecule has 0 spiro atoms. The van der Waals surface area contributed by atoms with Crippen molar-refractivity contribution in [1.82, 2.24) is 24.8 Å². The van der Waals surface area contributed by atoms with Gasteiger partial charge in [0.05, 0.1) is 26.4 Å². The Morgan fingerprint density at radius 1 is 0.755 bits per heavy atom. The Kier molecular flexibility index (Phi) is 9.46. The van der Waals surface area contributed by atoms with Crippen molar-refractivity contribution in [3.8, 4) is 21.1 Å². The molecule has 2 saturated heterocycles. The van der Waals surface area contributed by atoms with E-state index in [1.54, 1.807) is 28.5 Å². The second kappa shape index (κ2) is 14.6. The number of pyridine rings is 1.